The molecule has 0 aromatic rings. The molecule has 11 heavy (non-hydrogen) atoms. The lowest BCUT2D eigenvalue weighted by Crippen LogP contribution is -2.02. The maximum atomic E-state index is 10.1. The first-order valence-corrected chi connectivity index (χ1v) is 2.81. The lowest BCUT2D eigenvalue weighted by Gasteiger charge is -1.82. The van der Waals surface area contributed by atoms with E-state index in [-0.39, 0.29) is 11.5 Å². The van der Waals surface area contributed by atoms with Crippen molar-refractivity contribution in [1.82, 2.24) is 0 Å². The molecule has 0 heterocycles. The summed E-state index contributed by atoms with van der Waals surface area (Å²) in [7, 11) is 0. The van der Waals surface area contributed by atoms with Crippen molar-refractivity contribution in [3.05, 3.63) is 0 Å². The molecule has 0 amide bonds. The van der Waals surface area contributed by atoms with Crippen molar-refractivity contribution in [2.75, 3.05) is 0 Å². The number of carbonyl (C=O) groups is 2. The second-order valence-corrected chi connectivity index (χ2v) is 1.76. The van der Waals surface area contributed by atoms with Gasteiger partial charge in [-0.15, -0.1) is 0 Å². The average Bonchev–Trinajstić information content (AvgIpc) is 1.85. The van der Waals surface area contributed by atoms with Crippen LogP contribution in [-0.2, 0) is 9.59 Å². The van der Waals surface area contributed by atoms with Gasteiger partial charge in [0.1, 0.15) is 5.71 Å². The van der Waals surface area contributed by atoms with Gasteiger partial charge >= 0.3 is 0 Å². The molecule has 5 nitrogen and oxygen atoms in total. The Balaban J connectivity index is 0. The van der Waals surface area contributed by atoms with Gasteiger partial charge in [-0.3, -0.25) is 9.59 Å². The molecular formula is C6H11NO4. The van der Waals surface area contributed by atoms with Crippen molar-refractivity contribution in [1.29, 1.82) is 0 Å². The number of nitrogens with zero attached hydrogens (tertiary/aromatic N) is 1. The zero-order valence-corrected chi connectivity index (χ0v) is 6.66. The first-order chi connectivity index (χ1) is 4.91. The van der Waals surface area contributed by atoms with E-state index in [0.29, 0.717) is 0 Å². The largest absolute Gasteiger partial charge is 0.481 e. The van der Waals surface area contributed by atoms with Crippen molar-refractivity contribution in [3.63, 3.8) is 0 Å². The molecule has 0 saturated carbocycles. The van der Waals surface area contributed by atoms with Gasteiger partial charge in [0.05, 0.1) is 0 Å². The molecule has 0 fully saturated rings. The van der Waals surface area contributed by atoms with E-state index in [4.69, 9.17) is 15.1 Å². The Bertz CT molecular complexity index is 169. The average molecular weight is 161 g/mol. The van der Waals surface area contributed by atoms with Gasteiger partial charge in [0, 0.05) is 13.8 Å². The molecule has 0 atom stereocenters. The third-order valence-electron chi connectivity index (χ3n) is 0.660. The number of aliphatic carboxylic acids is 1. The fraction of sp³-hybridized carbons (Fsp3) is 0.500. The maximum Gasteiger partial charge on any atom is 0.300 e. The Morgan fingerprint density at radius 1 is 1.18 bits per heavy atom. The zero-order chi connectivity index (χ0) is 9.44. The Morgan fingerprint density at radius 3 is 1.45 bits per heavy atom. The Kier molecular flexibility index (Phi) is 7.52. The minimum atomic E-state index is -0.833. The summed E-state index contributed by atoms with van der Waals surface area (Å²) in [5, 5.41) is 17.9. The van der Waals surface area contributed by atoms with Crippen LogP contribution in [0.3, 0.4) is 0 Å². The molecule has 0 bridgehead atoms. The minimum absolute atomic E-state index is 0.139. The van der Waals surface area contributed by atoms with E-state index < -0.39 is 5.97 Å². The number of carbonyl (C=O) groups excluding carboxylic acids is 1. The SMILES string of the molecule is CC(=O)C(C)=NO.CC(=O)O. The van der Waals surface area contributed by atoms with E-state index in [1.807, 2.05) is 0 Å². The summed E-state index contributed by atoms with van der Waals surface area (Å²) in [6.45, 7) is 3.87. The molecule has 0 unspecified atom stereocenters. The second kappa shape index (κ2) is 6.73. The molecule has 0 rings (SSSR count). The normalized spacial score (nSPS) is 9.55. The predicted molar refractivity (Wildman–Crippen MR) is 38.9 cm³/mol. The molecule has 5 heteroatoms. The highest BCUT2D eigenvalue weighted by Gasteiger charge is 1.93. The van der Waals surface area contributed by atoms with Crippen LogP contribution < -0.4 is 0 Å². The molecule has 0 radical (unpaired) electrons. The molecule has 0 spiro atoms. The zero-order valence-electron chi connectivity index (χ0n) is 6.66. The molecule has 0 aliphatic carbocycles. The van der Waals surface area contributed by atoms with Crippen LogP contribution in [-0.4, -0.2) is 27.8 Å². The van der Waals surface area contributed by atoms with Crippen molar-refractivity contribution in [2.45, 2.75) is 20.8 Å². The number of carboxylic acids is 1. The summed E-state index contributed by atoms with van der Waals surface area (Å²) in [6.07, 6.45) is 0. The van der Waals surface area contributed by atoms with Gasteiger partial charge in [0.25, 0.3) is 5.97 Å². The van der Waals surface area contributed by atoms with Crippen LogP contribution in [0.25, 0.3) is 0 Å². The van der Waals surface area contributed by atoms with E-state index in [9.17, 15) is 4.79 Å². The maximum absolute atomic E-state index is 10.1. The molecule has 0 aromatic heterocycles. The summed E-state index contributed by atoms with van der Waals surface area (Å²) < 4.78 is 0. The molecule has 0 aliphatic rings. The summed E-state index contributed by atoms with van der Waals surface area (Å²) in [6, 6.07) is 0. The Labute approximate surface area is 64.3 Å². The highest BCUT2D eigenvalue weighted by Crippen LogP contribution is 1.73. The van der Waals surface area contributed by atoms with Gasteiger partial charge in [-0.25, -0.2) is 0 Å². The number of Topliss-reactive ketones (excluding diaryl/α,β-unsaturated/α-hetero) is 1. The Morgan fingerprint density at radius 2 is 1.45 bits per heavy atom. The van der Waals surface area contributed by atoms with E-state index in [1.165, 1.54) is 13.8 Å². The molecule has 64 valence electrons. The number of oxime groups is 1. The molecular weight excluding hydrogens is 150 g/mol. The van der Waals surface area contributed by atoms with Crippen LogP contribution in [0.4, 0.5) is 0 Å². The van der Waals surface area contributed by atoms with Crippen LogP contribution >= 0.6 is 0 Å². The quantitative estimate of drug-likeness (QED) is 0.333. The number of carboxylic acid groups (broad SMARTS) is 1. The summed E-state index contributed by atoms with van der Waals surface area (Å²) >= 11 is 0. The highest BCUT2D eigenvalue weighted by molar-refractivity contribution is 6.37. The van der Waals surface area contributed by atoms with Crippen LogP contribution in [0, 0.1) is 0 Å². The van der Waals surface area contributed by atoms with Gasteiger partial charge in [-0.05, 0) is 6.92 Å². The van der Waals surface area contributed by atoms with E-state index >= 15 is 0 Å². The number of rotatable bonds is 1. The number of hydrogen-bond donors (Lipinski definition) is 2. The molecule has 2 N–H and O–H groups in total. The van der Waals surface area contributed by atoms with Gasteiger partial charge in [0.15, 0.2) is 5.78 Å². The van der Waals surface area contributed by atoms with Crippen molar-refractivity contribution < 1.29 is 19.9 Å². The fourth-order valence-electron chi connectivity index (χ4n) is 0.0704. The Hall–Kier alpha value is -1.39. The highest BCUT2D eigenvalue weighted by atomic mass is 16.4. The van der Waals surface area contributed by atoms with Gasteiger partial charge in [-0.2, -0.15) is 0 Å². The van der Waals surface area contributed by atoms with Gasteiger partial charge in [-0.1, -0.05) is 5.16 Å². The van der Waals surface area contributed by atoms with E-state index in [2.05, 4.69) is 5.16 Å². The minimum Gasteiger partial charge on any atom is -0.481 e. The number of ketones is 1. The summed E-state index contributed by atoms with van der Waals surface area (Å²) in [4.78, 5) is 19.1. The topological polar surface area (TPSA) is 87.0 Å². The smallest absolute Gasteiger partial charge is 0.300 e. The monoisotopic (exact) mass is 161 g/mol. The van der Waals surface area contributed by atoms with Crippen LogP contribution in [0.1, 0.15) is 20.8 Å². The van der Waals surface area contributed by atoms with Crippen LogP contribution in [0.5, 0.6) is 0 Å². The van der Waals surface area contributed by atoms with Crippen molar-refractivity contribution in [3.8, 4) is 0 Å². The van der Waals surface area contributed by atoms with Crippen molar-refractivity contribution >= 4 is 17.5 Å². The molecule has 0 aromatic carbocycles. The summed E-state index contributed by atoms with van der Waals surface area (Å²) in [5.74, 6) is -1.04. The van der Waals surface area contributed by atoms with Gasteiger partial charge in [0.2, 0.25) is 0 Å². The van der Waals surface area contributed by atoms with Crippen LogP contribution in [0.2, 0.25) is 0 Å². The summed E-state index contributed by atoms with van der Waals surface area (Å²) in [5.41, 5.74) is 0.139. The first-order valence-electron chi connectivity index (χ1n) is 2.81. The standard InChI is InChI=1S/C4H7NO2.C2H4O2/c1-3(5-7)4(2)6;1-2(3)4/h7H,1-2H3;1H3,(H,3,4). The second-order valence-electron chi connectivity index (χ2n) is 1.76. The third-order valence-corrected chi connectivity index (χ3v) is 0.660. The number of hydrogen-bond acceptors (Lipinski definition) is 4. The van der Waals surface area contributed by atoms with Crippen molar-refractivity contribution in [2.24, 2.45) is 5.16 Å². The van der Waals surface area contributed by atoms with E-state index in [1.54, 1.807) is 0 Å². The first kappa shape index (κ1) is 12.3. The predicted octanol–water partition coefficient (Wildman–Crippen LogP) is 0.516. The van der Waals surface area contributed by atoms with Crippen LogP contribution in [0.15, 0.2) is 5.16 Å². The lowest BCUT2D eigenvalue weighted by molar-refractivity contribution is -0.134. The lowest BCUT2D eigenvalue weighted by atomic mass is 10.3. The molecule has 0 aliphatic heterocycles. The van der Waals surface area contributed by atoms with E-state index in [0.717, 1.165) is 6.92 Å². The fourth-order valence-corrected chi connectivity index (χ4v) is 0.0704. The molecule has 0 saturated heterocycles. The third kappa shape index (κ3) is 17.7. The van der Waals surface area contributed by atoms with Gasteiger partial charge < -0.3 is 10.3 Å².